The molecule has 1 rings (SSSR count). The van der Waals surface area contributed by atoms with Crippen LogP contribution in [0, 0.1) is 5.92 Å². The zero-order valence-electron chi connectivity index (χ0n) is 21.0. The highest BCUT2D eigenvalue weighted by Gasteiger charge is 2.24. The molecule has 0 fully saturated rings. The molecule has 0 radical (unpaired) electrons. The van der Waals surface area contributed by atoms with Gasteiger partial charge in [0.05, 0.1) is 18.1 Å². The predicted molar refractivity (Wildman–Crippen MR) is 132 cm³/mol. The van der Waals surface area contributed by atoms with E-state index < -0.39 is 0 Å². The lowest BCUT2D eigenvalue weighted by molar-refractivity contribution is -0.142. The van der Waals surface area contributed by atoms with Crippen LogP contribution in [0.3, 0.4) is 0 Å². The van der Waals surface area contributed by atoms with Crippen LogP contribution in [0.1, 0.15) is 115 Å². The Morgan fingerprint density at radius 2 is 1.48 bits per heavy atom. The number of rotatable bonds is 10. The molecule has 1 unspecified atom stereocenters. The molecule has 1 atom stereocenters. The van der Waals surface area contributed by atoms with Gasteiger partial charge in [-0.05, 0) is 54.4 Å². The number of benzene rings is 1. The Morgan fingerprint density at radius 3 is 1.84 bits per heavy atom. The molecule has 4 heteroatoms. The number of esters is 1. The van der Waals surface area contributed by atoms with Crippen molar-refractivity contribution in [2.45, 2.75) is 93.1 Å². The predicted octanol–water partition coefficient (Wildman–Crippen LogP) is 8.36. The Hall–Kier alpha value is -1.74. The van der Waals surface area contributed by atoms with Gasteiger partial charge in [0, 0.05) is 11.1 Å². The lowest BCUT2D eigenvalue weighted by atomic mass is 9.82. The lowest BCUT2D eigenvalue weighted by Gasteiger charge is -2.27. The average molecular weight is 449 g/mol. The normalized spacial score (nSPS) is 14.0. The molecular weight excluding hydrogens is 408 g/mol. The topological polar surface area (TPSA) is 35.5 Å². The highest BCUT2D eigenvalue weighted by Crippen LogP contribution is 2.38. The maximum absolute atomic E-state index is 12.0. The van der Waals surface area contributed by atoms with Crippen molar-refractivity contribution in [3.05, 3.63) is 58.1 Å². The molecule has 0 amide bonds. The summed E-state index contributed by atoms with van der Waals surface area (Å²) in [5.41, 5.74) is 5.83. The Kier molecular flexibility index (Phi) is 10.9. The van der Waals surface area contributed by atoms with Gasteiger partial charge in [-0.1, -0.05) is 67.5 Å². The third-order valence-corrected chi connectivity index (χ3v) is 5.66. The van der Waals surface area contributed by atoms with Gasteiger partial charge in [-0.2, -0.15) is 0 Å². The summed E-state index contributed by atoms with van der Waals surface area (Å²) < 4.78 is 11.7. The number of allylic oxidation sites excluding steroid dienone is 2. The maximum atomic E-state index is 12.0. The van der Waals surface area contributed by atoms with E-state index in [2.05, 4.69) is 53.7 Å². The average Bonchev–Trinajstić information content (AvgIpc) is 2.70. The van der Waals surface area contributed by atoms with Crippen molar-refractivity contribution in [2.75, 3.05) is 5.88 Å². The van der Waals surface area contributed by atoms with Crippen LogP contribution >= 0.6 is 11.6 Å². The second kappa shape index (κ2) is 12.3. The van der Waals surface area contributed by atoms with Crippen molar-refractivity contribution in [2.24, 2.45) is 5.92 Å². The van der Waals surface area contributed by atoms with Gasteiger partial charge in [0.2, 0.25) is 0 Å². The van der Waals surface area contributed by atoms with Crippen LogP contribution in [0.4, 0.5) is 0 Å². The van der Waals surface area contributed by atoms with Crippen LogP contribution in [0.15, 0.2) is 35.8 Å². The molecule has 0 bridgehead atoms. The molecule has 0 N–H and O–H groups in total. The molecule has 0 aliphatic rings. The molecule has 1 aromatic carbocycles. The number of hydrogen-bond acceptors (Lipinski definition) is 3. The summed E-state index contributed by atoms with van der Waals surface area (Å²) in [4.78, 5) is 12.0. The second-order valence-electron chi connectivity index (χ2n) is 9.39. The first-order chi connectivity index (χ1) is 14.4. The first kappa shape index (κ1) is 27.3. The minimum atomic E-state index is -0.286. The van der Waals surface area contributed by atoms with Crippen molar-refractivity contribution in [1.29, 1.82) is 0 Å². The van der Waals surface area contributed by atoms with Crippen LogP contribution in [-0.4, -0.2) is 11.8 Å². The van der Waals surface area contributed by atoms with E-state index in [1.165, 1.54) is 22.3 Å². The summed E-state index contributed by atoms with van der Waals surface area (Å²) in [5.74, 6) is 1.54. The van der Waals surface area contributed by atoms with E-state index in [4.69, 9.17) is 21.1 Å². The van der Waals surface area contributed by atoms with Crippen LogP contribution in [0.5, 0.6) is 0 Å². The quantitative estimate of drug-likeness (QED) is 0.156. The van der Waals surface area contributed by atoms with Gasteiger partial charge in [-0.25, -0.2) is 0 Å². The minimum absolute atomic E-state index is 0.194. The monoisotopic (exact) mass is 448 g/mol. The molecule has 0 heterocycles. The van der Waals surface area contributed by atoms with Gasteiger partial charge in [0.25, 0.3) is 0 Å². The van der Waals surface area contributed by atoms with Gasteiger partial charge in [-0.15, -0.1) is 11.6 Å². The van der Waals surface area contributed by atoms with Crippen molar-refractivity contribution < 1.29 is 14.3 Å². The van der Waals surface area contributed by atoms with Gasteiger partial charge >= 0.3 is 5.97 Å². The smallest absolute Gasteiger partial charge is 0.313 e. The summed E-state index contributed by atoms with van der Waals surface area (Å²) in [6, 6.07) is 4.61. The third-order valence-electron chi connectivity index (χ3n) is 5.38. The first-order valence-electron chi connectivity index (χ1n) is 11.4. The fraction of sp³-hybridized carbons (Fsp3) is 0.593. The van der Waals surface area contributed by atoms with E-state index in [0.29, 0.717) is 29.4 Å². The maximum Gasteiger partial charge on any atom is 0.313 e. The Balaban J connectivity index is 3.38. The zero-order valence-corrected chi connectivity index (χ0v) is 21.8. The highest BCUT2D eigenvalue weighted by molar-refractivity contribution is 6.18. The van der Waals surface area contributed by atoms with Gasteiger partial charge in [-0.3, -0.25) is 4.79 Å². The summed E-state index contributed by atoms with van der Waals surface area (Å²) in [7, 11) is 0. The summed E-state index contributed by atoms with van der Waals surface area (Å²) in [5, 5.41) is 0. The molecule has 3 nitrogen and oxygen atoms in total. The lowest BCUT2D eigenvalue weighted by Crippen LogP contribution is -2.14. The van der Waals surface area contributed by atoms with Crippen molar-refractivity contribution in [3.8, 4) is 0 Å². The number of carbonyl (C=O) groups is 1. The summed E-state index contributed by atoms with van der Waals surface area (Å²) >= 11 is 6.43. The van der Waals surface area contributed by atoms with Crippen molar-refractivity contribution in [1.82, 2.24) is 0 Å². The molecule has 0 aliphatic heterocycles. The molecule has 0 spiro atoms. The number of ether oxygens (including phenoxy) is 2. The van der Waals surface area contributed by atoms with Crippen LogP contribution < -0.4 is 0 Å². The van der Waals surface area contributed by atoms with Crippen LogP contribution in [-0.2, 0) is 14.3 Å². The second-order valence-corrected chi connectivity index (χ2v) is 9.69. The first-order valence-corrected chi connectivity index (χ1v) is 11.9. The molecule has 174 valence electrons. The van der Waals surface area contributed by atoms with Crippen LogP contribution in [0.2, 0.25) is 0 Å². The van der Waals surface area contributed by atoms with E-state index >= 15 is 0 Å². The van der Waals surface area contributed by atoms with Crippen molar-refractivity contribution >= 4 is 17.6 Å². The SMILES string of the molecule is C/C=C(OC(=O)C(C)C)/C(C)=C/OC(CCl)c1c(C(C)C)cc(C(C)C)cc1C(C)C. The largest absolute Gasteiger partial charge is 0.492 e. The number of carbonyl (C=O) groups excluding carboxylic acids is 1. The molecule has 0 saturated heterocycles. The molecule has 1 aromatic rings. The van der Waals surface area contributed by atoms with Gasteiger partial charge in [0.15, 0.2) is 0 Å². The summed E-state index contributed by atoms with van der Waals surface area (Å²) in [6.07, 6.45) is 3.16. The fourth-order valence-electron chi connectivity index (χ4n) is 3.40. The van der Waals surface area contributed by atoms with E-state index in [1.807, 2.05) is 27.7 Å². The van der Waals surface area contributed by atoms with E-state index in [9.17, 15) is 4.79 Å². The van der Waals surface area contributed by atoms with Gasteiger partial charge in [0.1, 0.15) is 11.9 Å². The minimum Gasteiger partial charge on any atom is -0.492 e. The third kappa shape index (κ3) is 7.42. The molecular formula is C27H41ClO3. The summed E-state index contributed by atoms with van der Waals surface area (Å²) in [6.45, 7) is 20.6. The van der Waals surface area contributed by atoms with Crippen LogP contribution in [0.25, 0.3) is 0 Å². The molecule has 0 aromatic heterocycles. The van der Waals surface area contributed by atoms with Crippen molar-refractivity contribution in [3.63, 3.8) is 0 Å². The molecule has 0 aliphatic carbocycles. The fourth-order valence-corrected chi connectivity index (χ4v) is 3.63. The van der Waals surface area contributed by atoms with E-state index in [0.717, 1.165) is 5.57 Å². The Bertz CT molecular complexity index is 772. The highest BCUT2D eigenvalue weighted by atomic mass is 35.5. The standard InChI is InChI=1S/C27H41ClO3/c1-11-24(31-27(29)19(8)9)20(10)15-30-25(14-28)26-22(17(4)5)12-21(16(2)3)13-23(26)18(6)7/h11-13,15-19,25H,14H2,1-10H3/b20-15+,24-11-. The Labute approximate surface area is 194 Å². The Morgan fingerprint density at radius 1 is 0.968 bits per heavy atom. The van der Waals surface area contributed by atoms with Gasteiger partial charge < -0.3 is 9.47 Å². The molecule has 31 heavy (non-hydrogen) atoms. The number of halogens is 1. The number of alkyl halides is 1. The molecule has 0 saturated carbocycles. The van der Waals surface area contributed by atoms with E-state index in [-0.39, 0.29) is 18.0 Å². The van der Waals surface area contributed by atoms with E-state index in [1.54, 1.807) is 12.3 Å². The zero-order chi connectivity index (χ0) is 23.9. The number of hydrogen-bond donors (Lipinski definition) is 0.